The van der Waals surface area contributed by atoms with Gasteiger partial charge in [-0.3, -0.25) is 10.2 Å². The molecule has 2 heterocycles. The van der Waals surface area contributed by atoms with Crippen molar-refractivity contribution in [3.05, 3.63) is 11.3 Å². The number of piperidine rings is 2. The Kier molecular flexibility index (Phi) is 5.71. The van der Waals surface area contributed by atoms with Gasteiger partial charge in [-0.05, 0) is 33.6 Å². The molecule has 1 unspecified atom stereocenters. The maximum atomic E-state index is 13.5. The summed E-state index contributed by atoms with van der Waals surface area (Å²) in [4.78, 5) is 25.1. The van der Waals surface area contributed by atoms with Crippen LogP contribution in [0.15, 0.2) is 11.3 Å². The minimum atomic E-state index is -5.20. The summed E-state index contributed by atoms with van der Waals surface area (Å²) in [6.45, 7) is 5.42. The van der Waals surface area contributed by atoms with Crippen molar-refractivity contribution in [2.75, 3.05) is 13.1 Å². The number of likely N-dealkylation sites (tertiary alicyclic amines) is 1. The molecule has 2 atom stereocenters. The van der Waals surface area contributed by atoms with Crippen molar-refractivity contribution in [2.24, 2.45) is 11.7 Å². The molecule has 0 saturated carbocycles. The second kappa shape index (κ2) is 7.26. The molecule has 11 heteroatoms. The minimum absolute atomic E-state index is 0.0145. The molecular weight excluding hydrogens is 381 g/mol. The smallest absolute Gasteiger partial charge is 0.422 e. The van der Waals surface area contributed by atoms with Gasteiger partial charge < -0.3 is 25.8 Å². The van der Waals surface area contributed by atoms with Gasteiger partial charge in [0.1, 0.15) is 11.4 Å². The molecule has 0 aliphatic carbocycles. The summed E-state index contributed by atoms with van der Waals surface area (Å²) < 4.78 is 45.9. The molecule has 0 spiro atoms. The van der Waals surface area contributed by atoms with E-state index in [1.165, 1.54) is 4.90 Å². The van der Waals surface area contributed by atoms with Crippen molar-refractivity contribution < 1.29 is 32.6 Å². The SMILES string of the molecule is CC(C)(C)OC(=O)N1CCC[C@H](C(N)=C2C(=N)NC(=O)CC2(O)C(F)(F)F)C1. The van der Waals surface area contributed by atoms with E-state index in [-0.39, 0.29) is 12.2 Å². The summed E-state index contributed by atoms with van der Waals surface area (Å²) in [5, 5.41) is 20.0. The maximum absolute atomic E-state index is 13.5. The van der Waals surface area contributed by atoms with Gasteiger partial charge in [-0.1, -0.05) is 0 Å². The first-order valence-corrected chi connectivity index (χ1v) is 8.81. The van der Waals surface area contributed by atoms with Crippen LogP contribution in [-0.4, -0.2) is 58.3 Å². The highest BCUT2D eigenvalue weighted by atomic mass is 19.4. The van der Waals surface area contributed by atoms with Gasteiger partial charge in [-0.25, -0.2) is 4.79 Å². The van der Waals surface area contributed by atoms with E-state index in [4.69, 9.17) is 15.9 Å². The number of rotatable bonds is 1. The number of nitrogens with one attached hydrogen (secondary N) is 2. The zero-order valence-electron chi connectivity index (χ0n) is 15.9. The van der Waals surface area contributed by atoms with Gasteiger partial charge in [0.05, 0.1) is 12.0 Å². The van der Waals surface area contributed by atoms with Gasteiger partial charge in [0.15, 0.2) is 5.60 Å². The molecule has 0 bridgehead atoms. The van der Waals surface area contributed by atoms with Crippen LogP contribution in [0.25, 0.3) is 0 Å². The third-order valence-corrected chi connectivity index (χ3v) is 4.61. The van der Waals surface area contributed by atoms with Crippen LogP contribution in [0.5, 0.6) is 0 Å². The van der Waals surface area contributed by atoms with Crippen molar-refractivity contribution in [3.8, 4) is 0 Å². The fourth-order valence-corrected chi connectivity index (χ4v) is 3.33. The summed E-state index contributed by atoms with van der Waals surface area (Å²) in [6.07, 6.45) is -6.27. The standard InChI is InChI=1S/C17H25F3N4O4/c1-15(2,3)28-14(26)24-6-4-5-9(8-24)12(21)11-13(22)23-10(25)7-16(11,27)17(18,19)20/h9,27H,4-8,21H2,1-3H3,(H2,22,23,25)/t9-,16?/m0/s1. The van der Waals surface area contributed by atoms with E-state index in [1.807, 2.05) is 5.32 Å². The Morgan fingerprint density at radius 2 is 2.00 bits per heavy atom. The number of carbonyl (C=O) groups is 2. The largest absolute Gasteiger partial charge is 0.444 e. The van der Waals surface area contributed by atoms with Crippen LogP contribution < -0.4 is 11.1 Å². The Labute approximate surface area is 160 Å². The number of alkyl halides is 3. The van der Waals surface area contributed by atoms with Crippen LogP contribution in [0.2, 0.25) is 0 Å². The molecular formula is C17H25F3N4O4. The molecule has 0 aromatic rings. The lowest BCUT2D eigenvalue weighted by Crippen LogP contribution is -2.59. The number of nitrogens with two attached hydrogens (primary N) is 1. The van der Waals surface area contributed by atoms with Gasteiger partial charge in [0, 0.05) is 24.7 Å². The number of carbonyl (C=O) groups excluding carboxylic acids is 2. The summed E-state index contributed by atoms with van der Waals surface area (Å²) in [5.41, 5.74) is 0.455. The van der Waals surface area contributed by atoms with E-state index >= 15 is 0 Å². The fourth-order valence-electron chi connectivity index (χ4n) is 3.33. The van der Waals surface area contributed by atoms with Gasteiger partial charge in [0.25, 0.3) is 0 Å². The van der Waals surface area contributed by atoms with Crippen molar-refractivity contribution in [2.45, 2.75) is 57.4 Å². The molecule has 2 amide bonds. The highest BCUT2D eigenvalue weighted by molar-refractivity contribution is 6.11. The molecule has 0 aromatic heterocycles. The second-order valence-electron chi connectivity index (χ2n) is 8.05. The highest BCUT2D eigenvalue weighted by Gasteiger charge is 2.61. The average molecular weight is 406 g/mol. The first-order valence-electron chi connectivity index (χ1n) is 8.81. The first kappa shape index (κ1) is 22.0. The third kappa shape index (κ3) is 4.40. The topological polar surface area (TPSA) is 129 Å². The molecule has 2 saturated heterocycles. The Morgan fingerprint density at radius 3 is 2.54 bits per heavy atom. The lowest BCUT2D eigenvalue weighted by atomic mass is 9.80. The molecule has 158 valence electrons. The van der Waals surface area contributed by atoms with Crippen LogP contribution in [-0.2, 0) is 9.53 Å². The lowest BCUT2D eigenvalue weighted by molar-refractivity contribution is -0.244. The molecule has 28 heavy (non-hydrogen) atoms. The van der Waals surface area contributed by atoms with Crippen LogP contribution >= 0.6 is 0 Å². The minimum Gasteiger partial charge on any atom is -0.444 e. The number of hydrogen-bond acceptors (Lipinski definition) is 6. The molecule has 2 fully saturated rings. The summed E-state index contributed by atoms with van der Waals surface area (Å²) in [7, 11) is 0. The number of amides is 2. The van der Waals surface area contributed by atoms with Gasteiger partial charge in [0.2, 0.25) is 5.91 Å². The van der Waals surface area contributed by atoms with Crippen molar-refractivity contribution in [1.82, 2.24) is 10.2 Å². The molecule has 8 nitrogen and oxygen atoms in total. The average Bonchev–Trinajstić information content (AvgIpc) is 2.51. The zero-order valence-corrected chi connectivity index (χ0v) is 15.9. The molecule has 2 aliphatic rings. The highest BCUT2D eigenvalue weighted by Crippen LogP contribution is 2.43. The maximum Gasteiger partial charge on any atom is 0.422 e. The Balaban J connectivity index is 2.36. The Morgan fingerprint density at radius 1 is 1.39 bits per heavy atom. The number of nitrogens with zero attached hydrogens (tertiary/aromatic N) is 1. The van der Waals surface area contributed by atoms with Crippen molar-refractivity contribution in [3.63, 3.8) is 0 Å². The predicted molar refractivity (Wildman–Crippen MR) is 93.2 cm³/mol. The number of halogens is 3. The normalized spacial score (nSPS) is 28.7. The summed E-state index contributed by atoms with van der Waals surface area (Å²) in [6, 6.07) is 0. The van der Waals surface area contributed by atoms with Crippen LogP contribution in [0.3, 0.4) is 0 Å². The fraction of sp³-hybridized carbons (Fsp3) is 0.706. The van der Waals surface area contributed by atoms with E-state index < -0.39 is 53.1 Å². The van der Waals surface area contributed by atoms with E-state index in [9.17, 15) is 27.9 Å². The van der Waals surface area contributed by atoms with Gasteiger partial charge in [-0.15, -0.1) is 0 Å². The number of amidine groups is 1. The molecule has 2 aliphatic heterocycles. The summed E-state index contributed by atoms with van der Waals surface area (Å²) in [5.74, 6) is -2.73. The third-order valence-electron chi connectivity index (χ3n) is 4.61. The van der Waals surface area contributed by atoms with E-state index in [0.717, 1.165) is 0 Å². The van der Waals surface area contributed by atoms with E-state index in [2.05, 4.69) is 0 Å². The van der Waals surface area contributed by atoms with Crippen LogP contribution in [0, 0.1) is 11.3 Å². The van der Waals surface area contributed by atoms with Crippen LogP contribution in [0.4, 0.5) is 18.0 Å². The Hall–Kier alpha value is -2.30. The van der Waals surface area contributed by atoms with Crippen molar-refractivity contribution in [1.29, 1.82) is 5.41 Å². The molecule has 0 radical (unpaired) electrons. The molecule has 0 aromatic carbocycles. The number of ether oxygens (including phenoxy) is 1. The number of hydrogen-bond donors (Lipinski definition) is 4. The second-order valence-corrected chi connectivity index (χ2v) is 8.05. The molecule has 5 N–H and O–H groups in total. The predicted octanol–water partition coefficient (Wildman–Crippen LogP) is 1.64. The van der Waals surface area contributed by atoms with Gasteiger partial charge >= 0.3 is 12.3 Å². The summed E-state index contributed by atoms with van der Waals surface area (Å²) >= 11 is 0. The van der Waals surface area contributed by atoms with E-state index in [0.29, 0.717) is 19.4 Å². The first-order chi connectivity index (χ1) is 12.7. The van der Waals surface area contributed by atoms with Crippen LogP contribution in [0.1, 0.15) is 40.0 Å². The molecule has 2 rings (SSSR count). The zero-order chi connectivity index (χ0) is 21.5. The van der Waals surface area contributed by atoms with Crippen molar-refractivity contribution >= 4 is 17.8 Å². The lowest BCUT2D eigenvalue weighted by Gasteiger charge is -2.40. The van der Waals surface area contributed by atoms with Gasteiger partial charge in [-0.2, -0.15) is 13.2 Å². The monoisotopic (exact) mass is 406 g/mol. The Bertz CT molecular complexity index is 714. The quantitative estimate of drug-likeness (QED) is 0.526. The van der Waals surface area contributed by atoms with E-state index in [1.54, 1.807) is 20.8 Å². The number of aliphatic hydroxyl groups is 1.